The Hall–Kier alpha value is -1.00. The van der Waals surface area contributed by atoms with Crippen LogP contribution in [0, 0.1) is 11.6 Å². The Labute approximate surface area is 94.8 Å². The van der Waals surface area contributed by atoms with E-state index < -0.39 is 11.6 Å². The van der Waals surface area contributed by atoms with Crippen LogP contribution in [0.1, 0.15) is 32.4 Å². The quantitative estimate of drug-likeness (QED) is 0.830. The van der Waals surface area contributed by atoms with Crippen LogP contribution in [0.5, 0.6) is 0 Å². The highest BCUT2D eigenvalue weighted by atomic mass is 19.2. The maximum absolute atomic E-state index is 13.0. The van der Waals surface area contributed by atoms with Gasteiger partial charge in [0.25, 0.3) is 0 Å². The molecule has 3 N–H and O–H groups in total. The minimum Gasteiger partial charge on any atom is -0.324 e. The number of nitrogens with one attached hydrogen (secondary N) is 1. The molecule has 16 heavy (non-hydrogen) atoms. The van der Waals surface area contributed by atoms with E-state index in [2.05, 4.69) is 5.32 Å². The van der Waals surface area contributed by atoms with Crippen LogP contribution in [-0.2, 0) is 0 Å². The third kappa shape index (κ3) is 3.87. The Morgan fingerprint density at radius 3 is 2.44 bits per heavy atom. The van der Waals surface area contributed by atoms with Gasteiger partial charge in [0.05, 0.1) is 0 Å². The van der Waals surface area contributed by atoms with Crippen molar-refractivity contribution in [3.63, 3.8) is 0 Å². The standard InChI is InChI=1S/C12H18F2N2/c1-8(16-7-12(2,3)15)9-4-5-10(13)11(14)6-9/h4-6,8,16H,7,15H2,1-3H3. The molecule has 1 aromatic carbocycles. The highest BCUT2D eigenvalue weighted by molar-refractivity contribution is 5.20. The second-order valence-electron chi connectivity index (χ2n) is 4.76. The lowest BCUT2D eigenvalue weighted by molar-refractivity contribution is 0.432. The van der Waals surface area contributed by atoms with Crippen molar-refractivity contribution in [1.82, 2.24) is 5.32 Å². The Kier molecular flexibility index (Phi) is 3.99. The molecule has 0 spiro atoms. The van der Waals surface area contributed by atoms with Crippen molar-refractivity contribution < 1.29 is 8.78 Å². The number of nitrogens with two attached hydrogens (primary N) is 1. The van der Waals surface area contributed by atoms with E-state index >= 15 is 0 Å². The van der Waals surface area contributed by atoms with Crippen LogP contribution in [0.25, 0.3) is 0 Å². The molecular formula is C12H18F2N2. The van der Waals surface area contributed by atoms with Gasteiger partial charge in [0.15, 0.2) is 11.6 Å². The van der Waals surface area contributed by atoms with Crippen LogP contribution in [0.4, 0.5) is 8.78 Å². The summed E-state index contributed by atoms with van der Waals surface area (Å²) in [4.78, 5) is 0. The molecule has 90 valence electrons. The molecule has 0 amide bonds. The van der Waals surface area contributed by atoms with Gasteiger partial charge < -0.3 is 11.1 Å². The molecule has 0 aliphatic heterocycles. The van der Waals surface area contributed by atoms with Crippen LogP contribution < -0.4 is 11.1 Å². The molecule has 2 nitrogen and oxygen atoms in total. The second kappa shape index (κ2) is 4.89. The van der Waals surface area contributed by atoms with Crippen LogP contribution >= 0.6 is 0 Å². The van der Waals surface area contributed by atoms with Crippen molar-refractivity contribution in [2.45, 2.75) is 32.4 Å². The minimum atomic E-state index is -0.824. The van der Waals surface area contributed by atoms with E-state index in [0.29, 0.717) is 12.1 Å². The fourth-order valence-corrected chi connectivity index (χ4v) is 1.32. The fourth-order valence-electron chi connectivity index (χ4n) is 1.32. The lowest BCUT2D eigenvalue weighted by Gasteiger charge is -2.23. The third-order valence-electron chi connectivity index (χ3n) is 2.31. The lowest BCUT2D eigenvalue weighted by atomic mass is 10.0. The predicted molar refractivity (Wildman–Crippen MR) is 61.0 cm³/mol. The van der Waals surface area contributed by atoms with Crippen molar-refractivity contribution in [3.05, 3.63) is 35.4 Å². The maximum atomic E-state index is 13.0. The highest BCUT2D eigenvalue weighted by Gasteiger charge is 2.14. The Bertz CT molecular complexity index is 359. The Morgan fingerprint density at radius 2 is 1.94 bits per heavy atom. The lowest BCUT2D eigenvalue weighted by Crippen LogP contribution is -2.43. The highest BCUT2D eigenvalue weighted by Crippen LogP contribution is 2.16. The average molecular weight is 228 g/mol. The molecule has 0 bridgehead atoms. The first kappa shape index (κ1) is 13.1. The van der Waals surface area contributed by atoms with E-state index in [-0.39, 0.29) is 11.6 Å². The van der Waals surface area contributed by atoms with E-state index in [9.17, 15) is 8.78 Å². The minimum absolute atomic E-state index is 0.0575. The van der Waals surface area contributed by atoms with E-state index in [1.165, 1.54) is 6.07 Å². The summed E-state index contributed by atoms with van der Waals surface area (Å²) >= 11 is 0. The zero-order chi connectivity index (χ0) is 12.3. The number of hydrogen-bond acceptors (Lipinski definition) is 2. The van der Waals surface area contributed by atoms with Crippen LogP contribution in [-0.4, -0.2) is 12.1 Å². The average Bonchev–Trinajstić information content (AvgIpc) is 2.17. The summed E-state index contributed by atoms with van der Waals surface area (Å²) in [6.45, 7) is 6.29. The smallest absolute Gasteiger partial charge is 0.159 e. The van der Waals surface area contributed by atoms with Crippen molar-refractivity contribution in [2.24, 2.45) is 5.73 Å². The van der Waals surface area contributed by atoms with E-state index in [0.717, 1.165) is 6.07 Å². The van der Waals surface area contributed by atoms with Gasteiger partial charge in [0.2, 0.25) is 0 Å². The first-order valence-corrected chi connectivity index (χ1v) is 5.27. The molecule has 0 aliphatic rings. The van der Waals surface area contributed by atoms with Crippen LogP contribution in [0.3, 0.4) is 0 Å². The predicted octanol–water partition coefficient (Wildman–Crippen LogP) is 2.35. The zero-order valence-electron chi connectivity index (χ0n) is 9.85. The molecule has 0 heterocycles. The van der Waals surface area contributed by atoms with Gasteiger partial charge in [-0.1, -0.05) is 6.07 Å². The van der Waals surface area contributed by atoms with Gasteiger partial charge in [-0.3, -0.25) is 0 Å². The number of hydrogen-bond donors (Lipinski definition) is 2. The first-order valence-electron chi connectivity index (χ1n) is 5.27. The van der Waals surface area contributed by atoms with Gasteiger partial charge in [-0.2, -0.15) is 0 Å². The molecular weight excluding hydrogens is 210 g/mol. The van der Waals surface area contributed by atoms with Crippen molar-refractivity contribution >= 4 is 0 Å². The largest absolute Gasteiger partial charge is 0.324 e. The topological polar surface area (TPSA) is 38.0 Å². The maximum Gasteiger partial charge on any atom is 0.159 e. The summed E-state index contributed by atoms with van der Waals surface area (Å²) in [6.07, 6.45) is 0. The molecule has 1 rings (SSSR count). The van der Waals surface area contributed by atoms with E-state index in [4.69, 9.17) is 5.73 Å². The Balaban J connectivity index is 2.66. The molecule has 1 atom stereocenters. The second-order valence-corrected chi connectivity index (χ2v) is 4.76. The summed E-state index contributed by atoms with van der Waals surface area (Å²) in [6, 6.07) is 3.85. The summed E-state index contributed by atoms with van der Waals surface area (Å²) in [5.74, 6) is -1.65. The van der Waals surface area contributed by atoms with Gasteiger partial charge >= 0.3 is 0 Å². The molecule has 0 aliphatic carbocycles. The van der Waals surface area contributed by atoms with Crippen LogP contribution in [0.2, 0.25) is 0 Å². The number of halogens is 2. The third-order valence-corrected chi connectivity index (χ3v) is 2.31. The number of rotatable bonds is 4. The summed E-state index contributed by atoms with van der Waals surface area (Å²) in [7, 11) is 0. The van der Waals surface area contributed by atoms with Crippen molar-refractivity contribution in [1.29, 1.82) is 0 Å². The van der Waals surface area contributed by atoms with Gasteiger partial charge in [-0.25, -0.2) is 8.78 Å². The molecule has 0 fully saturated rings. The van der Waals surface area contributed by atoms with Crippen LogP contribution in [0.15, 0.2) is 18.2 Å². The normalized spacial score (nSPS) is 13.9. The monoisotopic (exact) mass is 228 g/mol. The van der Waals surface area contributed by atoms with Gasteiger partial charge in [0, 0.05) is 18.1 Å². The fraction of sp³-hybridized carbons (Fsp3) is 0.500. The summed E-state index contributed by atoms with van der Waals surface area (Å²) in [5.41, 5.74) is 6.20. The molecule has 0 saturated heterocycles. The van der Waals surface area contributed by atoms with E-state index in [1.54, 1.807) is 6.07 Å². The molecule has 0 saturated carbocycles. The van der Waals surface area contributed by atoms with Crippen molar-refractivity contribution in [2.75, 3.05) is 6.54 Å². The van der Waals surface area contributed by atoms with Crippen molar-refractivity contribution in [3.8, 4) is 0 Å². The van der Waals surface area contributed by atoms with Gasteiger partial charge in [0.1, 0.15) is 0 Å². The molecule has 0 radical (unpaired) electrons. The molecule has 1 aromatic rings. The molecule has 1 unspecified atom stereocenters. The van der Waals surface area contributed by atoms with E-state index in [1.807, 2.05) is 20.8 Å². The number of benzene rings is 1. The SMILES string of the molecule is CC(NCC(C)(C)N)c1ccc(F)c(F)c1. The first-order chi connectivity index (χ1) is 7.29. The van der Waals surface area contributed by atoms with Gasteiger partial charge in [-0.15, -0.1) is 0 Å². The van der Waals surface area contributed by atoms with Gasteiger partial charge in [-0.05, 0) is 38.5 Å². The molecule has 4 heteroatoms. The summed E-state index contributed by atoms with van der Waals surface area (Å²) < 4.78 is 25.7. The molecule has 0 aromatic heterocycles. The zero-order valence-corrected chi connectivity index (χ0v) is 9.85. The Morgan fingerprint density at radius 1 is 1.31 bits per heavy atom. The summed E-state index contributed by atoms with van der Waals surface area (Å²) in [5, 5.41) is 3.17.